The standard InChI is InChI=1S/C46H64N4O12/c1-9-13-15-33(11-3)27-49-43(55)35-25-38(48(19-23-61-31(7)53)20-24-62-32(8)54)42-40-36(44(56)50(46(42)58)28-34(12-4)16-14-10-2)26-37(41(39(35)40)45(49)57)47(17-21-59-29(5)51)18-22-60-30(6)52/h25-26,33-34H,9-24,27-28H2,1-8H3. The molecule has 2 aromatic carbocycles. The molecule has 340 valence electrons. The number of carbonyl (C=O) groups is 8. The number of amides is 4. The average molecular weight is 865 g/mol. The topological polar surface area (TPSA) is 186 Å². The number of nitrogens with zero attached hydrogens (tertiary/aromatic N) is 4. The predicted octanol–water partition coefficient (Wildman–Crippen LogP) is 6.33. The van der Waals surface area contributed by atoms with Gasteiger partial charge in [-0.2, -0.15) is 0 Å². The minimum absolute atomic E-state index is 0.0239. The molecule has 16 heteroatoms. The summed E-state index contributed by atoms with van der Waals surface area (Å²) in [6.45, 7) is 13.1. The first-order valence-electron chi connectivity index (χ1n) is 22.0. The Labute approximate surface area is 364 Å². The summed E-state index contributed by atoms with van der Waals surface area (Å²) in [6, 6.07) is 3.13. The van der Waals surface area contributed by atoms with E-state index < -0.39 is 47.5 Å². The zero-order valence-corrected chi connectivity index (χ0v) is 37.7. The lowest BCUT2D eigenvalue weighted by molar-refractivity contribution is -0.142. The van der Waals surface area contributed by atoms with E-state index in [9.17, 15) is 28.8 Å². The number of unbranched alkanes of at least 4 members (excludes halogenated alkanes) is 2. The lowest BCUT2D eigenvalue weighted by Gasteiger charge is -2.39. The van der Waals surface area contributed by atoms with E-state index in [0.29, 0.717) is 12.8 Å². The van der Waals surface area contributed by atoms with E-state index in [2.05, 4.69) is 13.8 Å². The highest BCUT2D eigenvalue weighted by Crippen LogP contribution is 2.46. The van der Waals surface area contributed by atoms with E-state index >= 15 is 9.59 Å². The molecule has 0 radical (unpaired) electrons. The van der Waals surface area contributed by atoms with Crippen LogP contribution >= 0.6 is 0 Å². The average Bonchev–Trinajstić information content (AvgIpc) is 3.22. The second-order valence-electron chi connectivity index (χ2n) is 16.0. The maximum atomic E-state index is 15.1. The Kier molecular flexibility index (Phi) is 18.3. The predicted molar refractivity (Wildman–Crippen MR) is 232 cm³/mol. The van der Waals surface area contributed by atoms with Crippen LogP contribution in [0.2, 0.25) is 0 Å². The normalized spacial score (nSPS) is 14.2. The van der Waals surface area contributed by atoms with Crippen molar-refractivity contribution in [1.82, 2.24) is 9.80 Å². The molecule has 2 heterocycles. The second kappa shape index (κ2) is 23.1. The molecule has 0 saturated carbocycles. The Balaban J connectivity index is 2.14. The molecule has 0 bridgehead atoms. The van der Waals surface area contributed by atoms with Crippen molar-refractivity contribution >= 4 is 69.7 Å². The summed E-state index contributed by atoms with van der Waals surface area (Å²) in [5.74, 6) is -4.61. The summed E-state index contributed by atoms with van der Waals surface area (Å²) in [7, 11) is 0. The number of benzene rings is 2. The first-order chi connectivity index (χ1) is 29.6. The van der Waals surface area contributed by atoms with Crippen molar-refractivity contribution in [3.8, 4) is 0 Å². The quantitative estimate of drug-likeness (QED) is 0.0580. The van der Waals surface area contributed by atoms with Gasteiger partial charge >= 0.3 is 23.9 Å². The van der Waals surface area contributed by atoms with Crippen LogP contribution in [-0.2, 0) is 38.1 Å². The Morgan fingerprint density at radius 3 is 1.08 bits per heavy atom. The van der Waals surface area contributed by atoms with Crippen LogP contribution < -0.4 is 9.80 Å². The molecule has 2 aromatic rings. The van der Waals surface area contributed by atoms with Gasteiger partial charge in [-0.1, -0.05) is 66.2 Å². The van der Waals surface area contributed by atoms with Crippen LogP contribution in [0.1, 0.15) is 148 Å². The fourth-order valence-electron chi connectivity index (χ4n) is 8.21. The van der Waals surface area contributed by atoms with Crippen LogP contribution in [0.3, 0.4) is 0 Å². The molecule has 2 aliphatic heterocycles. The molecule has 0 spiro atoms. The van der Waals surface area contributed by atoms with Gasteiger partial charge in [0.15, 0.2) is 0 Å². The van der Waals surface area contributed by atoms with Gasteiger partial charge in [0.2, 0.25) is 0 Å². The van der Waals surface area contributed by atoms with Crippen LogP contribution in [0.4, 0.5) is 11.4 Å². The van der Waals surface area contributed by atoms with E-state index in [-0.39, 0.29) is 122 Å². The fourth-order valence-corrected chi connectivity index (χ4v) is 8.21. The van der Waals surface area contributed by atoms with Crippen molar-refractivity contribution in [2.24, 2.45) is 11.8 Å². The summed E-state index contributed by atoms with van der Waals surface area (Å²) in [5, 5.41) is 0.266. The SMILES string of the molecule is CCCCC(CC)CN1C(=O)c2cc(N(CCOC(C)=O)CCOC(C)=O)c3c4c(cc(N(CCOC(C)=O)CCOC(C)=O)c(c24)C1=O)C(=O)N(CC(CC)CCCC)C3=O. The Hall–Kier alpha value is -5.54. The summed E-state index contributed by atoms with van der Waals surface area (Å²) in [4.78, 5) is 114. The minimum Gasteiger partial charge on any atom is -0.464 e. The van der Waals surface area contributed by atoms with Gasteiger partial charge < -0.3 is 28.7 Å². The summed E-state index contributed by atoms with van der Waals surface area (Å²) in [5.41, 5.74) is 0.815. The number of esters is 4. The maximum Gasteiger partial charge on any atom is 0.302 e. The molecular formula is C46H64N4O12. The molecule has 0 aliphatic carbocycles. The second-order valence-corrected chi connectivity index (χ2v) is 16.0. The van der Waals surface area contributed by atoms with Gasteiger partial charge in [0.25, 0.3) is 23.6 Å². The minimum atomic E-state index is -0.614. The molecule has 16 nitrogen and oxygen atoms in total. The highest BCUT2D eigenvalue weighted by Gasteiger charge is 2.45. The number of ether oxygens (including phenoxy) is 4. The van der Waals surface area contributed by atoms with Gasteiger partial charge in [-0.3, -0.25) is 48.2 Å². The van der Waals surface area contributed by atoms with Crippen molar-refractivity contribution in [3.05, 3.63) is 34.4 Å². The van der Waals surface area contributed by atoms with E-state index in [4.69, 9.17) is 18.9 Å². The number of anilines is 2. The Morgan fingerprint density at radius 2 is 0.823 bits per heavy atom. The summed E-state index contributed by atoms with van der Waals surface area (Å²) in [6.07, 6.45) is 6.56. The van der Waals surface area contributed by atoms with Crippen molar-refractivity contribution in [2.75, 3.05) is 75.5 Å². The van der Waals surface area contributed by atoms with Crippen molar-refractivity contribution < 1.29 is 57.3 Å². The number of imide groups is 2. The van der Waals surface area contributed by atoms with Gasteiger partial charge in [-0.25, -0.2) is 0 Å². The maximum absolute atomic E-state index is 15.1. The first kappa shape index (κ1) is 49.1. The number of hydrogen-bond acceptors (Lipinski definition) is 14. The molecule has 2 unspecified atom stereocenters. The van der Waals surface area contributed by atoms with Crippen molar-refractivity contribution in [1.29, 1.82) is 0 Å². The third-order valence-corrected chi connectivity index (χ3v) is 11.5. The zero-order valence-electron chi connectivity index (χ0n) is 37.7. The molecule has 4 amide bonds. The lowest BCUT2D eigenvalue weighted by Crippen LogP contribution is -2.47. The lowest BCUT2D eigenvalue weighted by atomic mass is 9.82. The molecule has 62 heavy (non-hydrogen) atoms. The van der Waals surface area contributed by atoms with Crippen molar-refractivity contribution in [3.63, 3.8) is 0 Å². The van der Waals surface area contributed by atoms with E-state index in [1.165, 1.54) is 37.5 Å². The van der Waals surface area contributed by atoms with Gasteiger partial charge in [-0.05, 0) is 36.8 Å². The Morgan fingerprint density at radius 1 is 0.516 bits per heavy atom. The summed E-state index contributed by atoms with van der Waals surface area (Å²) >= 11 is 0. The highest BCUT2D eigenvalue weighted by atomic mass is 16.5. The van der Waals surface area contributed by atoms with Crippen LogP contribution in [0, 0.1) is 11.8 Å². The monoisotopic (exact) mass is 864 g/mol. The van der Waals surface area contributed by atoms with Crippen LogP contribution in [0.25, 0.3) is 10.8 Å². The van der Waals surface area contributed by atoms with E-state index in [1.54, 1.807) is 21.9 Å². The molecule has 2 atom stereocenters. The fraction of sp³-hybridized carbons (Fsp3) is 0.609. The third kappa shape index (κ3) is 11.9. The molecule has 0 saturated heterocycles. The van der Waals surface area contributed by atoms with Gasteiger partial charge in [-0.15, -0.1) is 0 Å². The first-order valence-corrected chi connectivity index (χ1v) is 22.0. The summed E-state index contributed by atoms with van der Waals surface area (Å²) < 4.78 is 21.3. The molecular weight excluding hydrogens is 801 g/mol. The van der Waals surface area contributed by atoms with Crippen molar-refractivity contribution in [2.45, 2.75) is 107 Å². The third-order valence-electron chi connectivity index (χ3n) is 11.5. The van der Waals surface area contributed by atoms with E-state index in [1.807, 2.05) is 13.8 Å². The van der Waals surface area contributed by atoms with Gasteiger partial charge in [0, 0.05) is 51.6 Å². The number of carbonyl (C=O) groups excluding carboxylic acids is 8. The molecule has 4 rings (SSSR count). The molecule has 0 aromatic heterocycles. The van der Waals surface area contributed by atoms with E-state index in [0.717, 1.165) is 38.5 Å². The molecule has 0 fully saturated rings. The largest absolute Gasteiger partial charge is 0.464 e. The number of rotatable bonds is 26. The molecule has 2 aliphatic rings. The van der Waals surface area contributed by atoms with Crippen LogP contribution in [0.5, 0.6) is 0 Å². The zero-order chi connectivity index (χ0) is 45.7. The van der Waals surface area contributed by atoms with Gasteiger partial charge in [0.1, 0.15) is 26.4 Å². The van der Waals surface area contributed by atoms with Crippen LogP contribution in [0.15, 0.2) is 12.1 Å². The Bertz CT molecular complexity index is 1830. The van der Waals surface area contributed by atoms with Crippen LogP contribution in [-0.4, -0.2) is 123 Å². The number of hydrogen-bond donors (Lipinski definition) is 0. The highest BCUT2D eigenvalue weighted by molar-refractivity contribution is 6.36. The smallest absolute Gasteiger partial charge is 0.302 e. The molecule has 0 N–H and O–H groups in total. The van der Waals surface area contributed by atoms with Gasteiger partial charge in [0.05, 0.1) is 59.8 Å².